The molecule has 2 heteroatoms. The summed E-state index contributed by atoms with van der Waals surface area (Å²) in [5.41, 5.74) is 0.537. The van der Waals surface area contributed by atoms with Crippen molar-refractivity contribution in [1.29, 1.82) is 0 Å². The average Bonchev–Trinajstić information content (AvgIpc) is 3.01. The van der Waals surface area contributed by atoms with E-state index in [0.29, 0.717) is 5.54 Å². The number of nitrogens with one attached hydrogen (secondary N) is 1. The monoisotopic (exact) mass is 222 g/mol. The molecule has 0 aromatic heterocycles. The molecule has 0 amide bonds. The molecule has 1 atom stereocenters. The molecule has 1 spiro atoms. The zero-order valence-corrected chi connectivity index (χ0v) is 10.5. The van der Waals surface area contributed by atoms with Gasteiger partial charge in [0.05, 0.1) is 0 Å². The summed E-state index contributed by atoms with van der Waals surface area (Å²) in [6.07, 6.45) is 11.7. The third-order valence-electron chi connectivity index (χ3n) is 5.09. The summed E-state index contributed by atoms with van der Waals surface area (Å²) in [4.78, 5) is 2.72. The molecule has 0 aromatic rings. The number of hydrogen-bond donors (Lipinski definition) is 1. The summed E-state index contributed by atoms with van der Waals surface area (Å²) in [5.74, 6) is 1.06. The SMILES string of the molecule is C1CCC(CCN2CCC3(CCCN3)C2)C1. The normalized spacial score (nSPS) is 36.8. The summed E-state index contributed by atoms with van der Waals surface area (Å²) in [7, 11) is 0. The maximum Gasteiger partial charge on any atom is 0.0321 e. The van der Waals surface area contributed by atoms with Gasteiger partial charge in [-0.2, -0.15) is 0 Å². The Hall–Kier alpha value is -0.0800. The highest BCUT2D eigenvalue weighted by Crippen LogP contribution is 2.32. The van der Waals surface area contributed by atoms with Crippen molar-refractivity contribution in [1.82, 2.24) is 10.2 Å². The largest absolute Gasteiger partial charge is 0.310 e. The first kappa shape index (κ1) is 11.0. The van der Waals surface area contributed by atoms with Crippen molar-refractivity contribution in [3.8, 4) is 0 Å². The van der Waals surface area contributed by atoms with Gasteiger partial charge in [0.1, 0.15) is 0 Å². The van der Waals surface area contributed by atoms with Gasteiger partial charge in [-0.1, -0.05) is 25.7 Å². The zero-order chi connectivity index (χ0) is 10.8. The first-order valence-electron chi connectivity index (χ1n) is 7.34. The molecule has 3 aliphatic rings. The van der Waals surface area contributed by atoms with Crippen LogP contribution in [0.4, 0.5) is 0 Å². The number of likely N-dealkylation sites (tertiary alicyclic amines) is 1. The third kappa shape index (κ3) is 2.28. The summed E-state index contributed by atoms with van der Waals surface area (Å²) in [6.45, 7) is 5.31. The van der Waals surface area contributed by atoms with Crippen molar-refractivity contribution < 1.29 is 0 Å². The fourth-order valence-corrected chi connectivity index (χ4v) is 4.03. The molecule has 0 aromatic carbocycles. The number of rotatable bonds is 3. The van der Waals surface area contributed by atoms with Gasteiger partial charge in [0.25, 0.3) is 0 Å². The van der Waals surface area contributed by atoms with E-state index < -0.39 is 0 Å². The van der Waals surface area contributed by atoms with Gasteiger partial charge in [0, 0.05) is 18.6 Å². The quantitative estimate of drug-likeness (QED) is 0.789. The van der Waals surface area contributed by atoms with E-state index in [0.717, 1.165) is 5.92 Å². The van der Waals surface area contributed by atoms with E-state index in [1.54, 1.807) is 0 Å². The Kier molecular flexibility index (Phi) is 3.21. The molecule has 0 bridgehead atoms. The van der Waals surface area contributed by atoms with Crippen LogP contribution in [0.5, 0.6) is 0 Å². The highest BCUT2D eigenvalue weighted by atomic mass is 15.2. The Morgan fingerprint density at radius 1 is 1.12 bits per heavy atom. The maximum absolute atomic E-state index is 3.75. The predicted octanol–water partition coefficient (Wildman–Crippen LogP) is 2.39. The van der Waals surface area contributed by atoms with Crippen LogP contribution < -0.4 is 5.32 Å². The van der Waals surface area contributed by atoms with Crippen LogP contribution in [-0.2, 0) is 0 Å². The minimum Gasteiger partial charge on any atom is -0.310 e. The van der Waals surface area contributed by atoms with Crippen LogP contribution >= 0.6 is 0 Å². The first-order valence-corrected chi connectivity index (χ1v) is 7.34. The van der Waals surface area contributed by atoms with E-state index in [1.165, 1.54) is 77.5 Å². The number of nitrogens with zero attached hydrogens (tertiary/aromatic N) is 1. The smallest absolute Gasteiger partial charge is 0.0321 e. The van der Waals surface area contributed by atoms with Crippen molar-refractivity contribution in [3.63, 3.8) is 0 Å². The van der Waals surface area contributed by atoms with Crippen molar-refractivity contribution in [2.24, 2.45) is 5.92 Å². The summed E-state index contributed by atoms with van der Waals surface area (Å²) < 4.78 is 0. The second kappa shape index (κ2) is 4.66. The van der Waals surface area contributed by atoms with Crippen LogP contribution in [0, 0.1) is 5.92 Å². The summed E-state index contributed by atoms with van der Waals surface area (Å²) >= 11 is 0. The van der Waals surface area contributed by atoms with Crippen LogP contribution in [0.2, 0.25) is 0 Å². The minimum absolute atomic E-state index is 0.537. The molecule has 1 N–H and O–H groups in total. The van der Waals surface area contributed by atoms with E-state index in [-0.39, 0.29) is 0 Å². The topological polar surface area (TPSA) is 15.3 Å². The predicted molar refractivity (Wildman–Crippen MR) is 67.6 cm³/mol. The molecule has 2 nitrogen and oxygen atoms in total. The van der Waals surface area contributed by atoms with Crippen LogP contribution in [0.25, 0.3) is 0 Å². The van der Waals surface area contributed by atoms with Gasteiger partial charge in [0.15, 0.2) is 0 Å². The van der Waals surface area contributed by atoms with Crippen molar-refractivity contribution >= 4 is 0 Å². The molecule has 92 valence electrons. The van der Waals surface area contributed by atoms with E-state index in [9.17, 15) is 0 Å². The fourth-order valence-electron chi connectivity index (χ4n) is 4.03. The van der Waals surface area contributed by atoms with Gasteiger partial charge in [-0.05, 0) is 44.7 Å². The lowest BCUT2D eigenvalue weighted by Crippen LogP contribution is -2.42. The lowest BCUT2D eigenvalue weighted by molar-refractivity contribution is 0.275. The van der Waals surface area contributed by atoms with Gasteiger partial charge in [-0.3, -0.25) is 0 Å². The molecule has 2 saturated heterocycles. The Balaban J connectivity index is 1.43. The van der Waals surface area contributed by atoms with Crippen LogP contribution in [0.15, 0.2) is 0 Å². The van der Waals surface area contributed by atoms with Crippen molar-refractivity contribution in [2.75, 3.05) is 26.2 Å². The van der Waals surface area contributed by atoms with E-state index >= 15 is 0 Å². The molecule has 1 aliphatic carbocycles. The van der Waals surface area contributed by atoms with Gasteiger partial charge in [0.2, 0.25) is 0 Å². The third-order valence-corrected chi connectivity index (χ3v) is 5.09. The zero-order valence-electron chi connectivity index (χ0n) is 10.5. The van der Waals surface area contributed by atoms with Crippen LogP contribution in [0.3, 0.4) is 0 Å². The van der Waals surface area contributed by atoms with Crippen LogP contribution in [0.1, 0.15) is 51.4 Å². The standard InChI is InChI=1S/C14H26N2/c1-2-5-13(4-1)6-10-16-11-8-14(12-16)7-3-9-15-14/h13,15H,1-12H2. The molecule has 3 rings (SSSR count). The first-order chi connectivity index (χ1) is 7.86. The Morgan fingerprint density at radius 2 is 2.00 bits per heavy atom. The average molecular weight is 222 g/mol. The fraction of sp³-hybridized carbons (Fsp3) is 1.00. The van der Waals surface area contributed by atoms with Crippen molar-refractivity contribution in [3.05, 3.63) is 0 Å². The van der Waals surface area contributed by atoms with Gasteiger partial charge in [-0.15, -0.1) is 0 Å². The van der Waals surface area contributed by atoms with E-state index in [1.807, 2.05) is 0 Å². The van der Waals surface area contributed by atoms with Crippen LogP contribution in [-0.4, -0.2) is 36.6 Å². The molecule has 0 radical (unpaired) electrons. The Labute approximate surface area is 99.8 Å². The molecule has 3 fully saturated rings. The molecule has 2 heterocycles. The Morgan fingerprint density at radius 3 is 2.75 bits per heavy atom. The summed E-state index contributed by atoms with van der Waals surface area (Å²) in [6, 6.07) is 0. The molecule has 16 heavy (non-hydrogen) atoms. The molecule has 1 unspecified atom stereocenters. The molecule has 1 saturated carbocycles. The van der Waals surface area contributed by atoms with Gasteiger partial charge in [-0.25, -0.2) is 0 Å². The second-order valence-corrected chi connectivity index (χ2v) is 6.28. The van der Waals surface area contributed by atoms with Gasteiger partial charge >= 0.3 is 0 Å². The van der Waals surface area contributed by atoms with Gasteiger partial charge < -0.3 is 10.2 Å². The van der Waals surface area contributed by atoms with E-state index in [4.69, 9.17) is 0 Å². The minimum atomic E-state index is 0.537. The molecular weight excluding hydrogens is 196 g/mol. The lowest BCUT2D eigenvalue weighted by atomic mass is 9.97. The summed E-state index contributed by atoms with van der Waals surface area (Å²) in [5, 5.41) is 3.75. The van der Waals surface area contributed by atoms with E-state index in [2.05, 4.69) is 10.2 Å². The molecule has 2 aliphatic heterocycles. The highest BCUT2D eigenvalue weighted by Gasteiger charge is 2.39. The molecular formula is C14H26N2. The Bertz CT molecular complexity index is 227. The number of hydrogen-bond acceptors (Lipinski definition) is 2. The second-order valence-electron chi connectivity index (χ2n) is 6.28. The highest BCUT2D eigenvalue weighted by molar-refractivity contribution is 5.00. The maximum atomic E-state index is 3.75. The van der Waals surface area contributed by atoms with Crippen molar-refractivity contribution in [2.45, 2.75) is 56.9 Å². The lowest BCUT2D eigenvalue weighted by Gasteiger charge is -2.25.